The van der Waals surface area contributed by atoms with Gasteiger partial charge in [0.05, 0.1) is 12.7 Å². The number of methoxy groups -OCH3 is 1. The number of carboxylic acid groups (broad SMARTS) is 1. The van der Waals surface area contributed by atoms with E-state index < -0.39 is 5.97 Å². The highest BCUT2D eigenvalue weighted by Crippen LogP contribution is 2.22. The smallest absolute Gasteiger partial charge is 0.335 e. The number of ether oxygens (including phenoxy) is 1. The monoisotopic (exact) mass is 219 g/mol. The molecule has 1 aromatic heterocycles. The van der Waals surface area contributed by atoms with Crippen LogP contribution in [0.1, 0.15) is 10.4 Å². The van der Waals surface area contributed by atoms with Crippen LogP contribution in [-0.4, -0.2) is 33.0 Å². The number of nitrogens with zero attached hydrogens (tertiary/aromatic N) is 3. The van der Waals surface area contributed by atoms with Gasteiger partial charge in [0.15, 0.2) is 0 Å². The molecule has 1 heterocycles. The minimum absolute atomic E-state index is 0.173. The highest BCUT2D eigenvalue weighted by molar-refractivity contribution is 5.88. The van der Waals surface area contributed by atoms with Crippen molar-refractivity contribution in [3.05, 3.63) is 36.4 Å². The number of aromatic carboxylic acids is 1. The Morgan fingerprint density at radius 2 is 2.31 bits per heavy atom. The van der Waals surface area contributed by atoms with E-state index in [2.05, 4.69) is 10.1 Å². The van der Waals surface area contributed by atoms with Gasteiger partial charge in [0.1, 0.15) is 24.1 Å². The van der Waals surface area contributed by atoms with E-state index in [0.717, 1.165) is 0 Å². The van der Waals surface area contributed by atoms with Crippen molar-refractivity contribution in [3.8, 4) is 11.4 Å². The molecule has 2 aromatic rings. The molecule has 0 saturated heterocycles. The topological polar surface area (TPSA) is 77.2 Å². The Morgan fingerprint density at radius 3 is 2.88 bits per heavy atom. The van der Waals surface area contributed by atoms with Gasteiger partial charge in [-0.3, -0.25) is 0 Å². The molecule has 0 unspecified atom stereocenters. The summed E-state index contributed by atoms with van der Waals surface area (Å²) in [6, 6.07) is 4.54. The molecule has 0 bridgehead atoms. The zero-order valence-corrected chi connectivity index (χ0v) is 8.49. The summed E-state index contributed by atoms with van der Waals surface area (Å²) in [4.78, 5) is 14.6. The molecule has 0 atom stereocenters. The van der Waals surface area contributed by atoms with Crippen molar-refractivity contribution in [1.29, 1.82) is 0 Å². The van der Waals surface area contributed by atoms with Crippen LogP contribution >= 0.6 is 0 Å². The summed E-state index contributed by atoms with van der Waals surface area (Å²) in [7, 11) is 1.51. The van der Waals surface area contributed by atoms with Crippen molar-refractivity contribution in [2.24, 2.45) is 0 Å². The summed E-state index contributed by atoms with van der Waals surface area (Å²) >= 11 is 0. The highest BCUT2D eigenvalue weighted by Gasteiger charge is 2.10. The average Bonchev–Trinajstić information content (AvgIpc) is 2.81. The number of hydrogen-bond donors (Lipinski definition) is 1. The fourth-order valence-electron chi connectivity index (χ4n) is 1.33. The SMILES string of the molecule is COc1ccc(C(=O)O)cc1-n1cncn1. The molecular weight excluding hydrogens is 210 g/mol. The molecular formula is C10H9N3O3. The molecule has 0 spiro atoms. The lowest BCUT2D eigenvalue weighted by Gasteiger charge is -2.08. The first-order valence-electron chi connectivity index (χ1n) is 4.48. The van der Waals surface area contributed by atoms with Crippen LogP contribution in [0.3, 0.4) is 0 Å². The molecule has 0 fully saturated rings. The Bertz CT molecular complexity index is 508. The number of benzene rings is 1. The van der Waals surface area contributed by atoms with Gasteiger partial charge in [-0.05, 0) is 18.2 Å². The van der Waals surface area contributed by atoms with Crippen molar-refractivity contribution >= 4 is 5.97 Å². The van der Waals surface area contributed by atoms with Crippen LogP contribution in [0.15, 0.2) is 30.9 Å². The van der Waals surface area contributed by atoms with E-state index in [0.29, 0.717) is 11.4 Å². The molecule has 0 radical (unpaired) electrons. The van der Waals surface area contributed by atoms with Crippen LogP contribution < -0.4 is 4.74 Å². The maximum absolute atomic E-state index is 10.8. The maximum atomic E-state index is 10.8. The summed E-state index contributed by atoms with van der Waals surface area (Å²) in [5.74, 6) is -0.459. The van der Waals surface area contributed by atoms with Gasteiger partial charge in [0.2, 0.25) is 0 Å². The molecule has 0 aliphatic rings. The molecule has 1 aromatic carbocycles. The molecule has 0 aliphatic carbocycles. The van der Waals surface area contributed by atoms with Crippen molar-refractivity contribution in [3.63, 3.8) is 0 Å². The minimum atomic E-state index is -0.996. The quantitative estimate of drug-likeness (QED) is 0.832. The Morgan fingerprint density at radius 1 is 1.50 bits per heavy atom. The maximum Gasteiger partial charge on any atom is 0.335 e. The van der Waals surface area contributed by atoms with E-state index in [1.54, 1.807) is 6.07 Å². The van der Waals surface area contributed by atoms with Crippen molar-refractivity contribution in [2.45, 2.75) is 0 Å². The van der Waals surface area contributed by atoms with Gasteiger partial charge in [-0.1, -0.05) is 0 Å². The van der Waals surface area contributed by atoms with Crippen LogP contribution in [-0.2, 0) is 0 Å². The molecule has 0 saturated carbocycles. The second kappa shape index (κ2) is 4.01. The van der Waals surface area contributed by atoms with Gasteiger partial charge in [-0.2, -0.15) is 5.10 Å². The minimum Gasteiger partial charge on any atom is -0.494 e. The third-order valence-electron chi connectivity index (χ3n) is 2.09. The van der Waals surface area contributed by atoms with Crippen LogP contribution in [0.4, 0.5) is 0 Å². The molecule has 82 valence electrons. The summed E-state index contributed by atoms with van der Waals surface area (Å²) in [5.41, 5.74) is 0.714. The normalized spacial score (nSPS) is 10.1. The molecule has 0 amide bonds. The number of aromatic nitrogens is 3. The summed E-state index contributed by atoms with van der Waals surface area (Å²) in [6.45, 7) is 0. The van der Waals surface area contributed by atoms with E-state index in [1.165, 1.54) is 36.6 Å². The molecule has 16 heavy (non-hydrogen) atoms. The van der Waals surface area contributed by atoms with Crippen LogP contribution in [0, 0.1) is 0 Å². The number of hydrogen-bond acceptors (Lipinski definition) is 4. The van der Waals surface area contributed by atoms with Gasteiger partial charge < -0.3 is 9.84 Å². The largest absolute Gasteiger partial charge is 0.494 e. The van der Waals surface area contributed by atoms with Gasteiger partial charge >= 0.3 is 5.97 Å². The van der Waals surface area contributed by atoms with Crippen LogP contribution in [0.2, 0.25) is 0 Å². The fraction of sp³-hybridized carbons (Fsp3) is 0.100. The van der Waals surface area contributed by atoms with E-state index >= 15 is 0 Å². The van der Waals surface area contributed by atoms with E-state index in [4.69, 9.17) is 9.84 Å². The van der Waals surface area contributed by atoms with Crippen molar-refractivity contribution < 1.29 is 14.6 Å². The molecule has 6 heteroatoms. The number of carboxylic acids is 1. The summed E-state index contributed by atoms with van der Waals surface area (Å²) < 4.78 is 6.57. The lowest BCUT2D eigenvalue weighted by atomic mass is 10.2. The fourth-order valence-corrected chi connectivity index (χ4v) is 1.33. The average molecular weight is 219 g/mol. The Kier molecular flexibility index (Phi) is 2.55. The zero-order chi connectivity index (χ0) is 11.5. The third kappa shape index (κ3) is 1.72. The van der Waals surface area contributed by atoms with E-state index in [-0.39, 0.29) is 5.56 Å². The summed E-state index contributed by atoms with van der Waals surface area (Å²) in [6.07, 6.45) is 2.84. The lowest BCUT2D eigenvalue weighted by Crippen LogP contribution is -2.02. The standard InChI is InChI=1S/C10H9N3O3/c1-16-9-3-2-7(10(14)15)4-8(9)13-6-11-5-12-13/h2-6H,1H3,(H,14,15). The first-order chi connectivity index (χ1) is 7.72. The number of rotatable bonds is 3. The molecule has 0 aliphatic heterocycles. The Labute approximate surface area is 91.1 Å². The van der Waals surface area contributed by atoms with Crippen LogP contribution in [0.5, 0.6) is 5.75 Å². The van der Waals surface area contributed by atoms with Crippen molar-refractivity contribution in [1.82, 2.24) is 14.8 Å². The Hall–Kier alpha value is -2.37. The van der Waals surface area contributed by atoms with Crippen molar-refractivity contribution in [2.75, 3.05) is 7.11 Å². The van der Waals surface area contributed by atoms with Gasteiger partial charge in [-0.15, -0.1) is 0 Å². The van der Waals surface area contributed by atoms with Gasteiger partial charge in [-0.25, -0.2) is 14.5 Å². The molecule has 2 rings (SSSR count). The predicted octanol–water partition coefficient (Wildman–Crippen LogP) is 0.974. The van der Waals surface area contributed by atoms with Gasteiger partial charge in [0.25, 0.3) is 0 Å². The first kappa shape index (κ1) is 10.2. The lowest BCUT2D eigenvalue weighted by molar-refractivity contribution is 0.0697. The second-order valence-corrected chi connectivity index (χ2v) is 3.03. The third-order valence-corrected chi connectivity index (χ3v) is 2.09. The second-order valence-electron chi connectivity index (χ2n) is 3.03. The first-order valence-corrected chi connectivity index (χ1v) is 4.48. The predicted molar refractivity (Wildman–Crippen MR) is 54.9 cm³/mol. The Balaban J connectivity index is 2.56. The van der Waals surface area contributed by atoms with Gasteiger partial charge in [0, 0.05) is 0 Å². The number of carbonyl (C=O) groups is 1. The highest BCUT2D eigenvalue weighted by atomic mass is 16.5. The molecule has 6 nitrogen and oxygen atoms in total. The summed E-state index contributed by atoms with van der Waals surface area (Å²) in [5, 5.41) is 12.8. The van der Waals surface area contributed by atoms with Crippen LogP contribution in [0.25, 0.3) is 5.69 Å². The van der Waals surface area contributed by atoms with E-state index in [9.17, 15) is 4.79 Å². The molecule has 1 N–H and O–H groups in total. The zero-order valence-electron chi connectivity index (χ0n) is 8.49. The van der Waals surface area contributed by atoms with E-state index in [1.807, 2.05) is 0 Å².